The summed E-state index contributed by atoms with van der Waals surface area (Å²) in [6.45, 7) is 8.35. The van der Waals surface area contributed by atoms with Crippen molar-refractivity contribution in [2.75, 3.05) is 37.0 Å². The zero-order chi connectivity index (χ0) is 24.8. The highest BCUT2D eigenvalue weighted by Gasteiger charge is 2.06. The Morgan fingerprint density at radius 3 is 2.20 bits per heavy atom. The third kappa shape index (κ3) is 5.69. The quantitative estimate of drug-likeness (QED) is 0.305. The lowest BCUT2D eigenvalue weighted by molar-refractivity contribution is 0.801. The van der Waals surface area contributed by atoms with Crippen molar-refractivity contribution in [2.24, 2.45) is 0 Å². The largest absolute Gasteiger partial charge is 0.378 e. The van der Waals surface area contributed by atoms with Gasteiger partial charge in [-0.2, -0.15) is 0 Å². The summed E-state index contributed by atoms with van der Waals surface area (Å²) in [5, 5.41) is 8.66. The average molecular weight is 468 g/mol. The number of hydrogen-bond donors (Lipinski definition) is 0. The number of aromatic nitrogens is 5. The van der Waals surface area contributed by atoms with Crippen molar-refractivity contribution in [3.8, 4) is 11.4 Å². The van der Waals surface area contributed by atoms with E-state index >= 15 is 0 Å². The Kier molecular flexibility index (Phi) is 7.45. The van der Waals surface area contributed by atoms with Crippen molar-refractivity contribution in [2.45, 2.75) is 20.8 Å². The molecule has 0 bridgehead atoms. The molecule has 35 heavy (non-hydrogen) atoms. The molecule has 0 aliphatic rings. The zero-order valence-electron chi connectivity index (χ0n) is 21.1. The van der Waals surface area contributed by atoms with Crippen LogP contribution in [0.15, 0.2) is 79.4 Å². The molecule has 0 radical (unpaired) electrons. The van der Waals surface area contributed by atoms with E-state index in [-0.39, 0.29) is 0 Å². The van der Waals surface area contributed by atoms with Gasteiger partial charge in [-0.25, -0.2) is 9.67 Å². The Hall–Kier alpha value is -4.13. The topological polar surface area (TPSA) is 55.0 Å². The van der Waals surface area contributed by atoms with Gasteiger partial charge < -0.3 is 14.4 Å². The number of hydrogen-bond acceptors (Lipinski definition) is 5. The van der Waals surface area contributed by atoms with E-state index in [4.69, 9.17) is 0 Å². The highest BCUT2D eigenvalue weighted by Crippen LogP contribution is 2.19. The Morgan fingerprint density at radius 2 is 1.54 bits per heavy atom. The lowest BCUT2D eigenvalue weighted by Crippen LogP contribution is -2.21. The van der Waals surface area contributed by atoms with Crippen LogP contribution in [0.5, 0.6) is 0 Å². The number of nitrogens with zero attached hydrogens (tertiary/aromatic N) is 7. The molecule has 0 saturated heterocycles. The van der Waals surface area contributed by atoms with Crippen molar-refractivity contribution in [1.29, 1.82) is 0 Å². The maximum absolute atomic E-state index is 4.50. The first kappa shape index (κ1) is 24.0. The predicted octanol–water partition coefficient (Wildman–Crippen LogP) is 5.48. The van der Waals surface area contributed by atoms with Crippen LogP contribution in [0, 0.1) is 0 Å². The minimum atomic E-state index is 0.842. The van der Waals surface area contributed by atoms with E-state index in [0.717, 1.165) is 41.4 Å². The first-order valence-corrected chi connectivity index (χ1v) is 11.9. The summed E-state index contributed by atoms with van der Waals surface area (Å²) < 4.78 is 3.83. The molecule has 0 unspecified atom stereocenters. The molecule has 0 aliphatic carbocycles. The number of allylic oxidation sites excluding steroid dienone is 3. The molecular weight excluding hydrogens is 434 g/mol. The smallest absolute Gasteiger partial charge is 0.109 e. The molecule has 180 valence electrons. The van der Waals surface area contributed by atoms with E-state index in [1.54, 1.807) is 0 Å². The SMILES string of the molecule is CCN(CC)c1ccc(-n2cc(/C(C)=C/C=C\c3cn(-c4ccc(N(C)C)cc4)cn3)nn2)cc1. The Balaban J connectivity index is 1.41. The summed E-state index contributed by atoms with van der Waals surface area (Å²) in [6, 6.07) is 16.8. The fraction of sp³-hybridized carbons (Fsp3) is 0.250. The van der Waals surface area contributed by atoms with Crippen molar-refractivity contribution < 1.29 is 0 Å². The minimum Gasteiger partial charge on any atom is -0.378 e. The van der Waals surface area contributed by atoms with Crippen LogP contribution in [0.2, 0.25) is 0 Å². The van der Waals surface area contributed by atoms with Crippen molar-refractivity contribution in [3.05, 3.63) is 90.8 Å². The second-order valence-corrected chi connectivity index (χ2v) is 8.56. The standard InChI is InChI=1S/C28H33N7/c1-6-33(7-2)25-15-17-27(18-16-25)35-20-28(30-31-35)22(3)9-8-10-23-19-34(21-29-23)26-13-11-24(12-14-26)32(4)5/h8-21H,6-7H2,1-5H3/b10-8-,22-9+. The zero-order valence-corrected chi connectivity index (χ0v) is 21.1. The van der Waals surface area contributed by atoms with E-state index in [1.807, 2.05) is 67.2 Å². The molecule has 0 aliphatic heterocycles. The summed E-state index contributed by atoms with van der Waals surface area (Å²) in [6.07, 6.45) is 11.8. The maximum Gasteiger partial charge on any atom is 0.109 e. The van der Waals surface area contributed by atoms with Gasteiger partial charge in [0.1, 0.15) is 5.69 Å². The number of anilines is 2. The molecule has 2 heterocycles. The Bertz CT molecular complexity index is 1290. The highest BCUT2D eigenvalue weighted by molar-refractivity contribution is 5.64. The molecule has 7 nitrogen and oxygen atoms in total. The fourth-order valence-electron chi connectivity index (χ4n) is 3.84. The van der Waals surface area contributed by atoms with Crippen molar-refractivity contribution >= 4 is 23.0 Å². The third-order valence-electron chi connectivity index (χ3n) is 6.02. The summed E-state index contributed by atoms with van der Waals surface area (Å²) >= 11 is 0. The molecule has 7 heteroatoms. The first-order valence-electron chi connectivity index (χ1n) is 11.9. The average Bonchev–Trinajstić information content (AvgIpc) is 3.56. The van der Waals surface area contributed by atoms with Gasteiger partial charge in [0, 0.05) is 50.4 Å². The van der Waals surface area contributed by atoms with E-state index in [2.05, 4.69) is 87.5 Å². The monoisotopic (exact) mass is 467 g/mol. The summed E-state index contributed by atoms with van der Waals surface area (Å²) in [4.78, 5) is 8.90. The molecule has 0 N–H and O–H groups in total. The number of benzene rings is 2. The van der Waals surface area contributed by atoms with Gasteiger partial charge in [0.25, 0.3) is 0 Å². The van der Waals surface area contributed by atoms with E-state index < -0.39 is 0 Å². The van der Waals surface area contributed by atoms with Gasteiger partial charge in [-0.1, -0.05) is 17.4 Å². The number of rotatable bonds is 9. The highest BCUT2D eigenvalue weighted by atomic mass is 15.4. The van der Waals surface area contributed by atoms with Crippen LogP contribution in [0.4, 0.5) is 11.4 Å². The van der Waals surface area contributed by atoms with Crippen LogP contribution < -0.4 is 9.80 Å². The van der Waals surface area contributed by atoms with Gasteiger partial charge in [0.2, 0.25) is 0 Å². The third-order valence-corrected chi connectivity index (χ3v) is 6.02. The second kappa shape index (κ2) is 10.9. The van der Waals surface area contributed by atoms with Gasteiger partial charge in [0.05, 0.1) is 23.9 Å². The van der Waals surface area contributed by atoms with Crippen LogP contribution in [-0.2, 0) is 0 Å². The summed E-state index contributed by atoms with van der Waals surface area (Å²) in [7, 11) is 4.07. The molecule has 0 saturated carbocycles. The summed E-state index contributed by atoms with van der Waals surface area (Å²) in [5.74, 6) is 0. The van der Waals surface area contributed by atoms with Crippen molar-refractivity contribution in [1.82, 2.24) is 24.5 Å². The summed E-state index contributed by atoms with van der Waals surface area (Å²) in [5.41, 5.74) is 7.22. The predicted molar refractivity (Wildman–Crippen MR) is 145 cm³/mol. The van der Waals surface area contributed by atoms with Gasteiger partial charge in [0.15, 0.2) is 0 Å². The Morgan fingerprint density at radius 1 is 0.886 bits per heavy atom. The molecule has 2 aromatic carbocycles. The second-order valence-electron chi connectivity index (χ2n) is 8.56. The van der Waals surface area contributed by atoms with Crippen LogP contribution in [0.3, 0.4) is 0 Å². The van der Waals surface area contributed by atoms with Gasteiger partial charge in [-0.3, -0.25) is 0 Å². The van der Waals surface area contributed by atoms with Gasteiger partial charge in [-0.05, 0) is 81.0 Å². The molecule has 0 fully saturated rings. The van der Waals surface area contributed by atoms with E-state index in [1.165, 1.54) is 11.4 Å². The fourth-order valence-corrected chi connectivity index (χ4v) is 3.84. The molecule has 2 aromatic heterocycles. The number of imidazole rings is 1. The van der Waals surface area contributed by atoms with Crippen molar-refractivity contribution in [3.63, 3.8) is 0 Å². The van der Waals surface area contributed by atoms with Crippen LogP contribution >= 0.6 is 0 Å². The van der Waals surface area contributed by atoms with Crippen LogP contribution in [0.1, 0.15) is 32.2 Å². The lowest BCUT2D eigenvalue weighted by Gasteiger charge is -2.21. The minimum absolute atomic E-state index is 0.842. The molecular formula is C28H33N7. The molecule has 4 rings (SSSR count). The first-order chi connectivity index (χ1) is 17.0. The van der Waals surface area contributed by atoms with Crippen LogP contribution in [0.25, 0.3) is 23.0 Å². The lowest BCUT2D eigenvalue weighted by atomic mass is 10.2. The molecule has 0 atom stereocenters. The van der Waals surface area contributed by atoms with E-state index in [0.29, 0.717) is 0 Å². The normalized spacial score (nSPS) is 11.9. The molecule has 4 aromatic rings. The molecule has 0 spiro atoms. The van der Waals surface area contributed by atoms with Gasteiger partial charge in [-0.15, -0.1) is 5.10 Å². The molecule has 0 amide bonds. The Labute approximate surface area is 207 Å². The van der Waals surface area contributed by atoms with Gasteiger partial charge >= 0.3 is 0 Å². The van der Waals surface area contributed by atoms with E-state index in [9.17, 15) is 0 Å². The van der Waals surface area contributed by atoms with Crippen LogP contribution in [-0.4, -0.2) is 51.7 Å². The maximum atomic E-state index is 4.50.